The predicted molar refractivity (Wildman–Crippen MR) is 124 cm³/mol. The molecule has 1 aliphatic rings. The summed E-state index contributed by atoms with van der Waals surface area (Å²) >= 11 is 1.03. The van der Waals surface area contributed by atoms with Gasteiger partial charge in [-0.2, -0.15) is 0 Å². The molecule has 1 fully saturated rings. The molecular weight excluding hydrogens is 470 g/mol. The molecule has 13 nitrogen and oxygen atoms in total. The van der Waals surface area contributed by atoms with Crippen molar-refractivity contribution in [2.75, 3.05) is 65.4 Å². The molecule has 0 aliphatic carbocycles. The molecule has 0 aromatic heterocycles. The van der Waals surface area contributed by atoms with Gasteiger partial charge in [0.15, 0.2) is 0 Å². The van der Waals surface area contributed by atoms with Crippen LogP contribution in [0, 0.1) is 0 Å². The molecule has 34 heavy (non-hydrogen) atoms. The lowest BCUT2D eigenvalue weighted by molar-refractivity contribution is -0.139. The molecule has 0 bridgehead atoms. The van der Waals surface area contributed by atoms with Gasteiger partial charge in [0, 0.05) is 51.2 Å². The summed E-state index contributed by atoms with van der Waals surface area (Å²) in [4.78, 5) is 59.6. The van der Waals surface area contributed by atoms with Crippen LogP contribution in [0.3, 0.4) is 0 Å². The van der Waals surface area contributed by atoms with Gasteiger partial charge >= 0.3 is 5.97 Å². The smallest absolute Gasteiger partial charge is 0.321 e. The third kappa shape index (κ3) is 12.3. The maximum atomic E-state index is 12.3. The number of nitrogens with one attached hydrogen (secondary N) is 3. The van der Waals surface area contributed by atoms with Gasteiger partial charge in [0.25, 0.3) is 0 Å². The summed E-state index contributed by atoms with van der Waals surface area (Å²) < 4.78 is 10.6. The van der Waals surface area contributed by atoms with Crippen LogP contribution < -0.4 is 21.7 Å². The van der Waals surface area contributed by atoms with E-state index >= 15 is 0 Å². The molecule has 1 saturated heterocycles. The fraction of sp³-hybridized carbons (Fsp3) is 0.750. The number of rotatable bonds is 19. The number of amides is 4. The van der Waals surface area contributed by atoms with Gasteiger partial charge in [-0.15, -0.1) is 11.8 Å². The zero-order valence-electron chi connectivity index (χ0n) is 19.4. The van der Waals surface area contributed by atoms with Gasteiger partial charge < -0.3 is 36.3 Å². The second-order valence-corrected chi connectivity index (χ2v) is 8.62. The minimum absolute atomic E-state index is 0.0185. The number of carbonyl (C=O) groups is 5. The highest BCUT2D eigenvalue weighted by Gasteiger charge is 2.39. The number of likely N-dealkylation sites (tertiary alicyclic amines) is 1. The summed E-state index contributed by atoms with van der Waals surface area (Å²) in [6.45, 7) is 2.71. The molecule has 194 valence electrons. The van der Waals surface area contributed by atoms with Crippen LogP contribution in [-0.4, -0.2) is 116 Å². The lowest BCUT2D eigenvalue weighted by Crippen LogP contribution is -2.37. The average Bonchev–Trinajstić information content (AvgIpc) is 3.07. The lowest BCUT2D eigenvalue weighted by Gasteiger charge is -2.15. The Hall–Kier alpha value is -2.26. The molecule has 0 saturated carbocycles. The SMILES string of the molecule is CNCCNC(=O)CCOCCOCCNC(=O)CCN1C(=O)CC(SCC(N)C(=O)O)C1=O. The van der Waals surface area contributed by atoms with Crippen molar-refractivity contribution >= 4 is 41.4 Å². The Bertz CT molecular complexity index is 696. The molecule has 0 aromatic carbocycles. The van der Waals surface area contributed by atoms with Crippen LogP contribution in [0.1, 0.15) is 19.3 Å². The number of nitrogens with two attached hydrogens (primary N) is 1. The number of nitrogens with zero attached hydrogens (tertiary/aromatic N) is 1. The van der Waals surface area contributed by atoms with Crippen molar-refractivity contribution in [3.8, 4) is 0 Å². The van der Waals surface area contributed by atoms with E-state index in [9.17, 15) is 24.0 Å². The van der Waals surface area contributed by atoms with Crippen LogP contribution in [0.25, 0.3) is 0 Å². The minimum Gasteiger partial charge on any atom is -0.480 e. The molecule has 1 heterocycles. The Morgan fingerprint density at radius 1 is 1.06 bits per heavy atom. The Balaban J connectivity index is 2.06. The summed E-state index contributed by atoms with van der Waals surface area (Å²) in [6, 6.07) is -1.11. The zero-order chi connectivity index (χ0) is 25.3. The molecule has 1 rings (SSSR count). The van der Waals surface area contributed by atoms with E-state index in [1.165, 1.54) is 0 Å². The van der Waals surface area contributed by atoms with Gasteiger partial charge in [0.2, 0.25) is 23.6 Å². The number of carbonyl (C=O) groups excluding carboxylic acids is 4. The Morgan fingerprint density at radius 2 is 1.71 bits per heavy atom. The fourth-order valence-corrected chi connectivity index (χ4v) is 3.89. The number of hydrogen-bond donors (Lipinski definition) is 5. The first-order valence-electron chi connectivity index (χ1n) is 11.0. The molecule has 0 radical (unpaired) electrons. The highest BCUT2D eigenvalue weighted by molar-refractivity contribution is 8.00. The van der Waals surface area contributed by atoms with Crippen molar-refractivity contribution in [3.63, 3.8) is 0 Å². The van der Waals surface area contributed by atoms with Gasteiger partial charge in [-0.3, -0.25) is 28.9 Å². The maximum absolute atomic E-state index is 12.3. The number of carboxylic acid groups (broad SMARTS) is 1. The average molecular weight is 506 g/mol. The second kappa shape index (κ2) is 17.2. The number of hydrogen-bond acceptors (Lipinski definition) is 10. The molecule has 1 aliphatic heterocycles. The number of ether oxygens (including phenoxy) is 2. The molecule has 2 atom stereocenters. The van der Waals surface area contributed by atoms with Gasteiger partial charge in [0.05, 0.1) is 31.7 Å². The highest BCUT2D eigenvalue weighted by Crippen LogP contribution is 2.25. The maximum Gasteiger partial charge on any atom is 0.321 e. The van der Waals surface area contributed by atoms with E-state index in [1.807, 2.05) is 0 Å². The standard InChI is InChI=1S/C20H35N5O8S/c1-22-4-5-23-17(27)3-8-32-10-11-33-9-6-24-16(26)2-7-25-18(28)12-15(19(25)29)34-13-14(21)20(30)31/h14-15,22H,2-13,21H2,1H3,(H,23,27)(H,24,26)(H,30,31). The van der Waals surface area contributed by atoms with E-state index in [1.54, 1.807) is 7.05 Å². The van der Waals surface area contributed by atoms with Crippen LogP contribution in [0.2, 0.25) is 0 Å². The second-order valence-electron chi connectivity index (χ2n) is 7.38. The number of likely N-dealkylation sites (N-methyl/N-ethyl adjacent to an activating group) is 1. The third-order valence-electron chi connectivity index (χ3n) is 4.67. The first kappa shape index (κ1) is 29.8. The summed E-state index contributed by atoms with van der Waals surface area (Å²) in [6.07, 6.45) is 0.203. The Kier molecular flexibility index (Phi) is 15.1. The number of aliphatic carboxylic acids is 1. The van der Waals surface area contributed by atoms with Crippen molar-refractivity contribution < 1.29 is 38.6 Å². The Labute approximate surface area is 202 Å². The van der Waals surface area contributed by atoms with Crippen LogP contribution >= 0.6 is 11.8 Å². The summed E-state index contributed by atoms with van der Waals surface area (Å²) in [5, 5.41) is 16.4. The third-order valence-corrected chi connectivity index (χ3v) is 5.99. The van der Waals surface area contributed by atoms with Gasteiger partial charge in [0.1, 0.15) is 6.04 Å². The molecule has 2 unspecified atom stereocenters. The van der Waals surface area contributed by atoms with E-state index in [2.05, 4.69) is 16.0 Å². The van der Waals surface area contributed by atoms with Gasteiger partial charge in [-0.05, 0) is 7.05 Å². The van der Waals surface area contributed by atoms with Crippen molar-refractivity contribution in [2.24, 2.45) is 5.73 Å². The van der Waals surface area contributed by atoms with E-state index in [4.69, 9.17) is 20.3 Å². The quantitative estimate of drug-likeness (QED) is 0.0923. The normalized spacial score (nSPS) is 16.5. The van der Waals surface area contributed by atoms with E-state index in [0.29, 0.717) is 32.9 Å². The number of thioether (sulfide) groups is 1. The number of carboxylic acids is 1. The van der Waals surface area contributed by atoms with Crippen molar-refractivity contribution in [1.82, 2.24) is 20.9 Å². The van der Waals surface area contributed by atoms with Crippen LogP contribution in [-0.2, 0) is 33.4 Å². The van der Waals surface area contributed by atoms with Crippen molar-refractivity contribution in [2.45, 2.75) is 30.6 Å². The molecule has 0 aromatic rings. The van der Waals surface area contributed by atoms with E-state index < -0.39 is 29.1 Å². The Morgan fingerprint density at radius 3 is 2.38 bits per heavy atom. The van der Waals surface area contributed by atoms with Crippen LogP contribution in [0.4, 0.5) is 0 Å². The summed E-state index contributed by atoms with van der Waals surface area (Å²) in [5.74, 6) is -2.38. The van der Waals surface area contributed by atoms with Gasteiger partial charge in [-0.1, -0.05) is 0 Å². The molecule has 6 N–H and O–H groups in total. The fourth-order valence-electron chi connectivity index (χ4n) is 2.78. The summed E-state index contributed by atoms with van der Waals surface area (Å²) in [5.41, 5.74) is 5.42. The predicted octanol–water partition coefficient (Wildman–Crippen LogP) is -2.48. The monoisotopic (exact) mass is 505 g/mol. The van der Waals surface area contributed by atoms with Gasteiger partial charge in [-0.25, -0.2) is 0 Å². The molecule has 4 amide bonds. The van der Waals surface area contributed by atoms with Crippen LogP contribution in [0.5, 0.6) is 0 Å². The first-order valence-corrected chi connectivity index (χ1v) is 12.1. The topological polar surface area (TPSA) is 189 Å². The highest BCUT2D eigenvalue weighted by atomic mass is 32.2. The van der Waals surface area contributed by atoms with Crippen molar-refractivity contribution in [1.29, 1.82) is 0 Å². The first-order chi connectivity index (χ1) is 16.3. The molecule has 14 heteroatoms. The van der Waals surface area contributed by atoms with Crippen LogP contribution in [0.15, 0.2) is 0 Å². The zero-order valence-corrected chi connectivity index (χ0v) is 20.2. The molecular formula is C20H35N5O8S. The minimum atomic E-state index is -1.17. The molecule has 0 spiro atoms. The van der Waals surface area contributed by atoms with Crippen molar-refractivity contribution in [3.05, 3.63) is 0 Å². The summed E-state index contributed by atoms with van der Waals surface area (Å²) in [7, 11) is 1.81. The lowest BCUT2D eigenvalue weighted by atomic mass is 10.3. The number of imide groups is 1. The largest absolute Gasteiger partial charge is 0.480 e. The van der Waals surface area contributed by atoms with E-state index in [0.717, 1.165) is 16.7 Å². The van der Waals surface area contributed by atoms with E-state index in [-0.39, 0.29) is 56.5 Å².